The van der Waals surface area contributed by atoms with E-state index in [1.807, 2.05) is 13.0 Å². The fraction of sp³-hybridized carbons (Fsp3) is 0.634. The smallest absolute Gasteiger partial charge is 0.408 e. The van der Waals surface area contributed by atoms with Crippen LogP contribution in [0.25, 0.3) is 10.8 Å². The lowest BCUT2D eigenvalue weighted by atomic mass is 9.81. The second-order valence-corrected chi connectivity index (χ2v) is 19.3. The Balaban J connectivity index is 1.30. The third-order valence-corrected chi connectivity index (χ3v) is 14.6. The lowest BCUT2D eigenvalue weighted by Crippen LogP contribution is -2.67. The Bertz CT molecular complexity index is 2140. The zero-order chi connectivity index (χ0) is 42.7. The SMILES string of the molecule is CC[C@@H]1C[C@H](C)CC/C=C\[C@@H]2C[C@@]2(C(=O)NS(=O)(=O)C2CC2)NC(=O)[C@@H]2C[C@@H](Oc3nccc4c5c(ccc34)OCCO5)CN2C(=O)[C@H]1N(C(=O)O)C(C)(C)C(C)(F)F. The highest BCUT2D eigenvalue weighted by Gasteiger charge is 2.63. The zero-order valence-electron chi connectivity index (χ0n) is 33.9. The molecule has 59 heavy (non-hydrogen) atoms. The Kier molecular flexibility index (Phi) is 11.3. The van der Waals surface area contributed by atoms with Crippen LogP contribution in [-0.2, 0) is 24.4 Å². The molecule has 0 unspecified atom stereocenters. The number of aromatic nitrogens is 1. The van der Waals surface area contributed by atoms with Crippen LogP contribution in [0.15, 0.2) is 36.5 Å². The molecule has 7 atom stereocenters. The summed E-state index contributed by atoms with van der Waals surface area (Å²) in [5.74, 6) is -6.34. The van der Waals surface area contributed by atoms with Crippen molar-refractivity contribution in [3.05, 3.63) is 36.5 Å². The Morgan fingerprint density at radius 2 is 1.83 bits per heavy atom. The molecule has 7 rings (SSSR count). The number of ether oxygens (including phenoxy) is 3. The molecular formula is C41H53F2N5O10S. The Morgan fingerprint density at radius 3 is 2.51 bits per heavy atom. The normalized spacial score (nSPS) is 29.6. The molecule has 15 nitrogen and oxygen atoms in total. The minimum atomic E-state index is -4.00. The summed E-state index contributed by atoms with van der Waals surface area (Å²) in [5.41, 5.74) is -4.03. The quantitative estimate of drug-likeness (QED) is 0.287. The van der Waals surface area contributed by atoms with Gasteiger partial charge in [-0.2, -0.15) is 0 Å². The monoisotopic (exact) mass is 845 g/mol. The van der Waals surface area contributed by atoms with Crippen molar-refractivity contribution in [2.45, 2.75) is 126 Å². The number of hydrogen-bond acceptors (Lipinski definition) is 10. The summed E-state index contributed by atoms with van der Waals surface area (Å²) in [7, 11) is -4.00. The number of fused-ring (bicyclic) bond motifs is 5. The number of nitrogens with one attached hydrogen (secondary N) is 2. The highest BCUT2D eigenvalue weighted by Crippen LogP contribution is 2.47. The Morgan fingerprint density at radius 1 is 1.10 bits per heavy atom. The molecule has 4 amide bonds. The number of rotatable bonds is 9. The van der Waals surface area contributed by atoms with Crippen molar-refractivity contribution >= 4 is 44.6 Å². The van der Waals surface area contributed by atoms with Gasteiger partial charge < -0.3 is 29.5 Å². The predicted octanol–water partition coefficient (Wildman–Crippen LogP) is 5.02. The van der Waals surface area contributed by atoms with Gasteiger partial charge in [0.1, 0.15) is 42.5 Å². The number of nitrogens with zero attached hydrogens (tertiary/aromatic N) is 3. The molecule has 3 fully saturated rings. The lowest BCUT2D eigenvalue weighted by Gasteiger charge is -2.47. The third kappa shape index (κ3) is 8.12. The first-order valence-electron chi connectivity index (χ1n) is 20.4. The van der Waals surface area contributed by atoms with E-state index in [-0.39, 0.29) is 37.6 Å². The van der Waals surface area contributed by atoms with Crippen LogP contribution in [-0.4, -0.2) is 112 Å². The summed E-state index contributed by atoms with van der Waals surface area (Å²) in [6.07, 6.45) is 4.96. The van der Waals surface area contributed by atoms with E-state index in [2.05, 4.69) is 15.0 Å². The molecule has 4 heterocycles. The average molecular weight is 846 g/mol. The van der Waals surface area contributed by atoms with Gasteiger partial charge in [0.2, 0.25) is 27.7 Å². The largest absolute Gasteiger partial charge is 0.486 e. The fourth-order valence-electron chi connectivity index (χ4n) is 8.74. The van der Waals surface area contributed by atoms with E-state index in [9.17, 15) is 27.9 Å². The highest BCUT2D eigenvalue weighted by molar-refractivity contribution is 7.91. The molecular weight excluding hydrogens is 793 g/mol. The molecule has 5 aliphatic rings. The molecule has 322 valence electrons. The maximum atomic E-state index is 15.5. The van der Waals surface area contributed by atoms with Crippen molar-refractivity contribution in [1.82, 2.24) is 24.8 Å². The van der Waals surface area contributed by atoms with Gasteiger partial charge in [-0.05, 0) is 82.4 Å². The van der Waals surface area contributed by atoms with Gasteiger partial charge in [0.15, 0.2) is 11.5 Å². The number of benzene rings is 1. The number of carboxylic acid groups (broad SMARTS) is 1. The van der Waals surface area contributed by atoms with Crippen LogP contribution in [0.3, 0.4) is 0 Å². The fourth-order valence-corrected chi connectivity index (χ4v) is 10.1. The summed E-state index contributed by atoms with van der Waals surface area (Å²) in [5, 5.41) is 14.0. The van der Waals surface area contributed by atoms with Crippen LogP contribution in [0.4, 0.5) is 13.6 Å². The molecule has 1 saturated heterocycles. The number of sulfonamides is 1. The maximum absolute atomic E-state index is 15.5. The molecule has 2 saturated carbocycles. The van der Waals surface area contributed by atoms with Crippen LogP contribution >= 0.6 is 0 Å². The van der Waals surface area contributed by atoms with Crippen molar-refractivity contribution in [1.29, 1.82) is 0 Å². The van der Waals surface area contributed by atoms with Gasteiger partial charge in [-0.25, -0.2) is 27.0 Å². The van der Waals surface area contributed by atoms with Crippen molar-refractivity contribution in [2.24, 2.45) is 17.8 Å². The molecule has 18 heteroatoms. The number of carbonyl (C=O) groups is 4. The molecule has 0 radical (unpaired) electrons. The topological polar surface area (TPSA) is 194 Å². The second kappa shape index (κ2) is 15.7. The summed E-state index contributed by atoms with van der Waals surface area (Å²) < 4.78 is 77.1. The van der Waals surface area contributed by atoms with E-state index in [0.717, 1.165) is 13.8 Å². The number of hydrogen-bond donors (Lipinski definition) is 3. The van der Waals surface area contributed by atoms with E-state index in [1.54, 1.807) is 31.2 Å². The zero-order valence-corrected chi connectivity index (χ0v) is 34.7. The van der Waals surface area contributed by atoms with E-state index >= 15 is 13.6 Å². The maximum Gasteiger partial charge on any atom is 0.408 e. The van der Waals surface area contributed by atoms with Crippen molar-refractivity contribution in [3.8, 4) is 17.4 Å². The lowest BCUT2D eigenvalue weighted by molar-refractivity contribution is -0.157. The molecule has 0 spiro atoms. The molecule has 3 aliphatic heterocycles. The van der Waals surface area contributed by atoms with Crippen molar-refractivity contribution in [3.63, 3.8) is 0 Å². The summed E-state index contributed by atoms with van der Waals surface area (Å²) >= 11 is 0. The van der Waals surface area contributed by atoms with Gasteiger partial charge in [0.25, 0.3) is 11.8 Å². The first-order valence-corrected chi connectivity index (χ1v) is 21.9. The Labute approximate surface area is 342 Å². The first kappa shape index (κ1) is 42.4. The number of halogens is 2. The minimum Gasteiger partial charge on any atom is -0.486 e. The van der Waals surface area contributed by atoms with Crippen molar-refractivity contribution < 1.29 is 55.7 Å². The first-order chi connectivity index (χ1) is 27.8. The molecule has 3 N–H and O–H groups in total. The molecule has 0 bridgehead atoms. The minimum absolute atomic E-state index is 0.0929. The van der Waals surface area contributed by atoms with E-state index in [0.29, 0.717) is 79.4 Å². The number of carbonyl (C=O) groups excluding carboxylic acids is 3. The number of alkyl halides is 2. The van der Waals surface area contributed by atoms with Gasteiger partial charge in [-0.3, -0.25) is 24.0 Å². The molecule has 1 aromatic carbocycles. The van der Waals surface area contributed by atoms with E-state index in [1.165, 1.54) is 11.1 Å². The van der Waals surface area contributed by atoms with Gasteiger partial charge in [0.05, 0.1) is 11.8 Å². The number of pyridine rings is 1. The van der Waals surface area contributed by atoms with Gasteiger partial charge in [0, 0.05) is 36.2 Å². The summed E-state index contributed by atoms with van der Waals surface area (Å²) in [6.45, 7) is 6.92. The van der Waals surface area contributed by atoms with Crippen LogP contribution < -0.4 is 24.2 Å². The van der Waals surface area contributed by atoms with Gasteiger partial charge in [-0.1, -0.05) is 32.4 Å². The standard InChI is InChI=1S/C41H53F2N5O10S/c1-6-24-19-23(2)9-7-8-10-25-21-41(25,37(51)46-59(54,55)27-11-12-27)45-34(49)30-20-26(22-47(30)36(50)32(24)48(38(52)53)39(3,4)40(5,42)43)58-35-29-13-14-31-33(57-18-17-56-31)28(29)15-16-44-35/h8,10,13-16,23-27,30,32H,6-7,9,11-12,17-22H2,1-5H3,(H,45,49)(H,46,51)(H,52,53)/b10-8-/t23-,24-,25-,26-,30+,32+,41-/m1/s1. The Hall–Kier alpha value is -4.74. The number of amides is 4. The summed E-state index contributed by atoms with van der Waals surface area (Å²) in [4.78, 5) is 63.2. The molecule has 1 aromatic heterocycles. The van der Waals surface area contributed by atoms with Crippen LogP contribution in [0.5, 0.6) is 17.4 Å². The van der Waals surface area contributed by atoms with E-state index < -0.39 is 86.1 Å². The number of allylic oxidation sites excluding steroid dienone is 1. The van der Waals surface area contributed by atoms with E-state index in [4.69, 9.17) is 14.2 Å². The summed E-state index contributed by atoms with van der Waals surface area (Å²) in [6, 6.07) is 2.17. The van der Waals surface area contributed by atoms with Crippen LogP contribution in [0.1, 0.15) is 86.0 Å². The second-order valence-electron chi connectivity index (χ2n) is 17.3. The van der Waals surface area contributed by atoms with Gasteiger partial charge in [-0.15, -0.1) is 0 Å². The van der Waals surface area contributed by atoms with Gasteiger partial charge >= 0.3 is 6.09 Å². The highest BCUT2D eigenvalue weighted by atomic mass is 32.2. The predicted molar refractivity (Wildman–Crippen MR) is 211 cm³/mol. The van der Waals surface area contributed by atoms with Crippen LogP contribution in [0, 0.1) is 17.8 Å². The molecule has 2 aliphatic carbocycles. The van der Waals surface area contributed by atoms with Crippen molar-refractivity contribution in [2.75, 3.05) is 19.8 Å². The third-order valence-electron chi connectivity index (χ3n) is 12.8. The molecule has 2 aromatic rings. The average Bonchev–Trinajstić information content (AvgIpc) is 4.10. The van der Waals surface area contributed by atoms with Crippen LogP contribution in [0.2, 0.25) is 0 Å².